The Kier molecular flexibility index (Phi) is 19.3. The zero-order valence-corrected chi connectivity index (χ0v) is 77.5. The van der Waals surface area contributed by atoms with E-state index in [9.17, 15) is 24.6 Å². The molecule has 0 saturated heterocycles. The van der Waals surface area contributed by atoms with E-state index in [1.54, 1.807) is 163 Å². The Morgan fingerprint density at radius 3 is 0.855 bits per heavy atom. The molecule has 32 nitrogen and oxygen atoms in total. The number of nitrogens with zero attached hydrogens (tertiary/aromatic N) is 13. The number of oxazole rings is 12. The van der Waals surface area contributed by atoms with Crippen LogP contribution in [-0.4, -0.2) is 99.1 Å². The molecular weight excluding hydrogens is 1840 g/mol. The van der Waals surface area contributed by atoms with Gasteiger partial charge in [-0.15, -0.1) is 0 Å². The Labute approximate surface area is 815 Å². The maximum Gasteiger partial charge on any atom is 0.323 e. The van der Waals surface area contributed by atoms with Crippen LogP contribution < -0.4 is 15.5 Å². The number of anilines is 3. The minimum Gasteiger partial charge on any atom is -0.441 e. The average molecular weight is 1910 g/mol. The van der Waals surface area contributed by atoms with Gasteiger partial charge in [0.2, 0.25) is 58.9 Å². The number of amides is 4. The molecule has 0 radical (unpaired) electrons. The normalized spacial score (nSPS) is 12.4. The summed E-state index contributed by atoms with van der Waals surface area (Å²) in [6.45, 7) is 13.9. The molecule has 0 saturated carbocycles. The fourth-order valence-electron chi connectivity index (χ4n) is 17.6. The van der Waals surface area contributed by atoms with Crippen LogP contribution in [0.25, 0.3) is 248 Å². The van der Waals surface area contributed by atoms with Crippen LogP contribution in [0.15, 0.2) is 302 Å². The minimum atomic E-state index is -1.26. The van der Waals surface area contributed by atoms with Crippen LogP contribution >= 0.6 is 0 Å². The number of hydrogen-bond donors (Lipinski definition) is 4. The van der Waals surface area contributed by atoms with Gasteiger partial charge in [-0.2, -0.15) is 0 Å². The number of urea groups is 1. The third-order valence-corrected chi connectivity index (χ3v) is 24.2. The lowest BCUT2D eigenvalue weighted by Gasteiger charge is -2.16. The maximum absolute atomic E-state index is 14.3. The molecule has 1 aliphatic heterocycles. The van der Waals surface area contributed by atoms with Crippen molar-refractivity contribution in [1.82, 2.24) is 59.8 Å². The number of carbonyl (C=O) groups is 3. The van der Waals surface area contributed by atoms with E-state index in [0.717, 1.165) is 38.3 Å². The monoisotopic (exact) mass is 1910 g/mol. The number of nitrogens with one attached hydrogen (secondary N) is 2. The molecule has 27 rings (SSSR count). The van der Waals surface area contributed by atoms with Gasteiger partial charge in [0.25, 0.3) is 11.8 Å². The Balaban J connectivity index is 0.000000148. The summed E-state index contributed by atoms with van der Waals surface area (Å²) in [6.07, 6.45) is 0. The van der Waals surface area contributed by atoms with E-state index < -0.39 is 29.0 Å². The molecule has 0 atom stereocenters. The summed E-state index contributed by atoms with van der Waals surface area (Å²) in [5.41, 5.74) is 22.0. The summed E-state index contributed by atoms with van der Waals surface area (Å²) < 4.78 is 74.3. The first-order valence-electron chi connectivity index (χ1n) is 45.7. The molecule has 0 aliphatic carbocycles. The Morgan fingerprint density at radius 2 is 0.531 bits per heavy atom. The van der Waals surface area contributed by atoms with Crippen LogP contribution in [0.2, 0.25) is 0 Å². The maximum atomic E-state index is 14.3. The molecule has 14 aromatic carbocycles. The zero-order valence-electron chi connectivity index (χ0n) is 77.5. The van der Waals surface area contributed by atoms with Crippen molar-refractivity contribution in [2.24, 2.45) is 0 Å². The predicted molar refractivity (Wildman–Crippen MR) is 540 cm³/mol. The van der Waals surface area contributed by atoms with Gasteiger partial charge in [-0.3, -0.25) is 9.59 Å². The summed E-state index contributed by atoms with van der Waals surface area (Å²) in [7, 11) is 0. The van der Waals surface area contributed by atoms with Crippen molar-refractivity contribution in [1.29, 1.82) is 0 Å². The lowest BCUT2D eigenvalue weighted by atomic mass is 10.0. The first-order valence-corrected chi connectivity index (χ1v) is 45.7. The van der Waals surface area contributed by atoms with Gasteiger partial charge in [-0.1, -0.05) is 77.3 Å². The quantitative estimate of drug-likeness (QED) is 0.0615. The molecule has 1 aliphatic rings. The Bertz CT molecular complexity index is 9860. The van der Waals surface area contributed by atoms with Crippen molar-refractivity contribution in [3.05, 3.63) is 294 Å². The van der Waals surface area contributed by atoms with Crippen molar-refractivity contribution in [3.8, 4) is 138 Å². The number of imide groups is 1. The summed E-state index contributed by atoms with van der Waals surface area (Å²) in [6, 6.07) is 74.0. The van der Waals surface area contributed by atoms with Crippen molar-refractivity contribution < 1.29 is 77.6 Å². The average Bonchev–Trinajstić information content (AvgIpc) is 1.59. The molecule has 26 aromatic rings. The number of rotatable bonds is 13. The molecule has 13 heterocycles. The van der Waals surface area contributed by atoms with Gasteiger partial charge in [0, 0.05) is 165 Å². The van der Waals surface area contributed by atoms with Gasteiger partial charge in [0.05, 0.1) is 16.8 Å². The second-order valence-corrected chi connectivity index (χ2v) is 36.3. The topological polar surface area (TPSA) is 431 Å². The zero-order chi connectivity index (χ0) is 98.3. The van der Waals surface area contributed by atoms with Crippen molar-refractivity contribution in [2.45, 2.75) is 66.6 Å². The number of hydrogen-bond acceptors (Lipinski definition) is 29. The smallest absolute Gasteiger partial charge is 0.323 e. The first-order chi connectivity index (χ1) is 70.1. The standard InChI is InChI=1S/C57H33N7O9.C56H36N8O8/c1-27-7-5-8-30(15-27)50-59-40-23-48-42(25-46(40)69-50)62-53(72-48)33-18-34(20-35(19-33)64-55(65)36-12-11-29(13-14-57(3,4)67)16-37(36)56(64)66)54-63-43-26-47-41(24-49(43)73-54)61-52(71-47)32-10-6-9-31(17-32)51-60-39-22-44-38(21-45(39)70-51)58-28(2)68-44;1-28-8-5-10-31(16-28)50-60-40-24-48-42(26-46(40)68-50)63-53(71-48)34-19-35(21-37(20-34)59-55(65)58-36-13-6-9-30(17-36)14-15-56(3,4)66)54-64-43-27-47-41(25-49(43)72-54)62-52(70-47)33-12-7-11-32(18-33)51-61-39-23-44-38(22-45(39)69-51)57-29(2)67-44/h5-12,15-26,67H,1-4H3;5-13,16-27,66H,1-4H3,(H2,58,59,65). The molecule has 12 aromatic heterocycles. The third-order valence-electron chi connectivity index (χ3n) is 24.2. The van der Waals surface area contributed by atoms with Crippen LogP contribution in [0.4, 0.5) is 21.9 Å². The first kappa shape index (κ1) is 85.6. The van der Waals surface area contributed by atoms with Gasteiger partial charge in [-0.05, 0) is 175 Å². The molecule has 0 bridgehead atoms. The van der Waals surface area contributed by atoms with E-state index in [-0.39, 0.29) is 40.4 Å². The van der Waals surface area contributed by atoms with Crippen molar-refractivity contribution in [2.75, 3.05) is 15.5 Å². The number of benzene rings is 14. The second-order valence-electron chi connectivity index (χ2n) is 36.3. The molecule has 4 amide bonds. The van der Waals surface area contributed by atoms with Gasteiger partial charge in [0.15, 0.2) is 78.8 Å². The molecule has 145 heavy (non-hydrogen) atoms. The van der Waals surface area contributed by atoms with Crippen LogP contribution in [-0.2, 0) is 0 Å². The van der Waals surface area contributed by atoms with E-state index in [1.807, 2.05) is 141 Å². The van der Waals surface area contributed by atoms with Gasteiger partial charge < -0.3 is 73.9 Å². The fourth-order valence-corrected chi connectivity index (χ4v) is 17.6. The summed E-state index contributed by atoms with van der Waals surface area (Å²) in [4.78, 5) is 99.9. The number of aliphatic hydroxyl groups is 2. The Hall–Kier alpha value is -19.8. The van der Waals surface area contributed by atoms with Crippen molar-refractivity contribution in [3.63, 3.8) is 0 Å². The van der Waals surface area contributed by atoms with E-state index in [4.69, 9.17) is 103 Å². The van der Waals surface area contributed by atoms with Crippen LogP contribution in [0.5, 0.6) is 0 Å². The SMILES string of the molecule is Cc1cccc(-c2nc3cc4oc(-c5cc(-c6nc7cc8oc(-c9cccc(-c%10nc%11cc%12oc(C)nc%12cc%11o%10)c9)nc8cc7o6)cc(N6C(=O)c7ccc(C#CC(C)(C)O)cc7C6=O)c5)nc4cc3o2)c1.Cc1cccc(-c2nc3cc4oc(-c5cc(NC(=O)Nc6cccc(C#CC(C)(C)O)c6)cc(-c6nc7cc8oc(-c9cccc(-c%10nc%11cc%12oc(C)nc%12cc%11o%10)c9)nc8cc7o6)c5)nc4cc3o2)c1. The molecule has 0 spiro atoms. The van der Waals surface area contributed by atoms with E-state index in [1.165, 1.54) is 0 Å². The molecular formula is C113H69N15O17. The predicted octanol–water partition coefficient (Wildman–Crippen LogP) is 25.7. The molecule has 0 fully saturated rings. The fraction of sp³-hybridized carbons (Fsp3) is 0.0885. The molecule has 698 valence electrons. The minimum absolute atomic E-state index is 0.166. The largest absolute Gasteiger partial charge is 0.441 e. The molecule has 4 N–H and O–H groups in total. The lowest BCUT2D eigenvalue weighted by molar-refractivity contribution is 0.0925. The summed E-state index contributed by atoms with van der Waals surface area (Å²) in [5.74, 6) is 14.9. The highest BCUT2D eigenvalue weighted by Gasteiger charge is 2.38. The highest BCUT2D eigenvalue weighted by atomic mass is 16.4. The van der Waals surface area contributed by atoms with Crippen LogP contribution in [0.1, 0.15) is 82.4 Å². The highest BCUT2D eigenvalue weighted by molar-refractivity contribution is 6.35. The van der Waals surface area contributed by atoms with E-state index >= 15 is 0 Å². The third kappa shape index (κ3) is 16.1. The lowest BCUT2D eigenvalue weighted by Crippen LogP contribution is -2.29. The van der Waals surface area contributed by atoms with Gasteiger partial charge >= 0.3 is 6.03 Å². The molecule has 0 unspecified atom stereocenters. The highest BCUT2D eigenvalue weighted by Crippen LogP contribution is 2.44. The summed E-state index contributed by atoms with van der Waals surface area (Å²) >= 11 is 0. The van der Waals surface area contributed by atoms with E-state index in [0.29, 0.717) is 236 Å². The molecule has 32 heteroatoms. The van der Waals surface area contributed by atoms with Crippen LogP contribution in [0.3, 0.4) is 0 Å². The number of aryl methyl sites for hydroxylation is 4. The second kappa shape index (κ2) is 32.7. The number of carbonyl (C=O) groups excluding carboxylic acids is 3. The number of aromatic nitrogens is 12. The van der Waals surface area contributed by atoms with Gasteiger partial charge in [-0.25, -0.2) is 69.5 Å². The van der Waals surface area contributed by atoms with Crippen LogP contribution in [0, 0.1) is 51.4 Å². The van der Waals surface area contributed by atoms with Crippen molar-refractivity contribution >= 4 is 168 Å². The van der Waals surface area contributed by atoms with E-state index in [2.05, 4.69) is 44.3 Å². The summed E-state index contributed by atoms with van der Waals surface area (Å²) in [5, 5.41) is 26.1. The van der Waals surface area contributed by atoms with Gasteiger partial charge in [0.1, 0.15) is 77.4 Å². The number of fused-ring (bicyclic) bond motifs is 13. The Morgan fingerprint density at radius 1 is 0.269 bits per heavy atom.